The highest BCUT2D eigenvalue weighted by molar-refractivity contribution is 6.74. The third kappa shape index (κ3) is 5.89. The van der Waals surface area contributed by atoms with Crippen molar-refractivity contribution in [3.8, 4) is 0 Å². The summed E-state index contributed by atoms with van der Waals surface area (Å²) in [5, 5.41) is 0.150. The largest absolute Gasteiger partial charge is 0.414 e. The molecule has 1 saturated heterocycles. The van der Waals surface area contributed by atoms with E-state index in [1.807, 2.05) is 0 Å². The van der Waals surface area contributed by atoms with Crippen molar-refractivity contribution in [3.05, 3.63) is 22.2 Å². The molecule has 0 aromatic carbocycles. The molecule has 1 aromatic heterocycles. The molecule has 8 nitrogen and oxygen atoms in total. The minimum Gasteiger partial charge on any atom is -0.414 e. The predicted octanol–water partition coefficient (Wildman–Crippen LogP) is 3.98. The first-order valence-electron chi connectivity index (χ1n) is 11.4. The minimum absolute atomic E-state index is 0.0578. The number of aromatic nitrogens is 2. The molecule has 1 aromatic rings. The fraction of sp³-hybridized carbons (Fsp3) is 0.818. The van der Waals surface area contributed by atoms with Crippen molar-refractivity contribution in [2.24, 2.45) is 5.73 Å². The predicted molar refractivity (Wildman–Crippen MR) is 135 cm³/mol. The van der Waals surface area contributed by atoms with E-state index in [1.54, 1.807) is 6.20 Å². The molecule has 0 radical (unpaired) electrons. The van der Waals surface area contributed by atoms with E-state index in [1.165, 1.54) is 4.57 Å². The zero-order chi connectivity index (χ0) is 24.7. The van der Waals surface area contributed by atoms with Crippen LogP contribution in [0.15, 0.2) is 11.0 Å². The molecular formula is C22H44N4O4Si2. The molecule has 1 aliphatic heterocycles. The molecule has 2 rings (SSSR count). The Kier molecular flexibility index (Phi) is 7.91. The first kappa shape index (κ1) is 27.2. The first-order chi connectivity index (χ1) is 14.4. The molecule has 3 atom stereocenters. The summed E-state index contributed by atoms with van der Waals surface area (Å²) < 4.78 is 21.1. The second-order valence-electron chi connectivity index (χ2n) is 11.9. The first-order valence-corrected chi connectivity index (χ1v) is 17.3. The molecule has 1 fully saturated rings. The van der Waals surface area contributed by atoms with Crippen molar-refractivity contribution < 1.29 is 13.6 Å². The third-order valence-electron chi connectivity index (χ3n) is 7.44. The lowest BCUT2D eigenvalue weighted by Gasteiger charge is -2.40. The second-order valence-corrected chi connectivity index (χ2v) is 21.5. The second kappa shape index (κ2) is 9.30. The standard InChI is InChI=1S/C22H44N4O4Si2/c1-21(2,3)31(7,8)28-14-17-16(30-32(9,10)22(4,5)6)11-18(29-17)26-13-15(12-23)19(24)25-20(26)27/h13,16-18H,11-12,14,23H2,1-10H3,(H2,24,25,27)/t16?,17-,18-/m1/s1. The molecular weight excluding hydrogens is 440 g/mol. The zero-order valence-corrected chi connectivity index (χ0v) is 23.6. The van der Waals surface area contributed by atoms with Crippen molar-refractivity contribution in [2.45, 2.75) is 109 Å². The van der Waals surface area contributed by atoms with Crippen molar-refractivity contribution in [3.63, 3.8) is 0 Å². The van der Waals surface area contributed by atoms with Gasteiger partial charge in [0.05, 0.1) is 12.7 Å². The van der Waals surface area contributed by atoms with Gasteiger partial charge >= 0.3 is 5.69 Å². The molecule has 1 aliphatic rings. The lowest BCUT2D eigenvalue weighted by atomic mass is 10.2. The van der Waals surface area contributed by atoms with Gasteiger partial charge in [0.2, 0.25) is 0 Å². The van der Waals surface area contributed by atoms with Crippen molar-refractivity contribution >= 4 is 22.5 Å². The maximum atomic E-state index is 12.6. The maximum Gasteiger partial charge on any atom is 0.351 e. The van der Waals surface area contributed by atoms with Gasteiger partial charge in [-0.1, -0.05) is 41.5 Å². The van der Waals surface area contributed by atoms with Crippen LogP contribution in [0.25, 0.3) is 0 Å². The normalized spacial score (nSPS) is 23.0. The number of nitrogens with zero attached hydrogens (tertiary/aromatic N) is 2. The Balaban J connectivity index is 2.34. The van der Waals surface area contributed by atoms with Gasteiger partial charge in [0, 0.05) is 24.7 Å². The number of hydrogen-bond donors (Lipinski definition) is 2. The van der Waals surface area contributed by atoms with Gasteiger partial charge in [0.25, 0.3) is 0 Å². The van der Waals surface area contributed by atoms with E-state index in [0.717, 1.165) is 0 Å². The van der Waals surface area contributed by atoms with Crippen molar-refractivity contribution in [2.75, 3.05) is 12.3 Å². The molecule has 0 spiro atoms. The molecule has 0 saturated carbocycles. The Morgan fingerprint density at radius 1 is 1.12 bits per heavy atom. The summed E-state index contributed by atoms with van der Waals surface area (Å²) in [5.41, 5.74) is 11.8. The van der Waals surface area contributed by atoms with E-state index in [4.69, 9.17) is 25.1 Å². The summed E-state index contributed by atoms with van der Waals surface area (Å²) in [6.07, 6.45) is 1.28. The van der Waals surface area contributed by atoms with Crippen LogP contribution >= 0.6 is 0 Å². The highest BCUT2D eigenvalue weighted by atomic mass is 28.4. The SMILES string of the molecule is CC(C)(C)[Si](C)(C)OC[C@H]1O[C@@H](n2cc(CN)c(N)nc2=O)CC1O[Si](C)(C)C(C)(C)C. The Labute approximate surface area is 195 Å². The molecule has 0 amide bonds. The minimum atomic E-state index is -2.06. The quantitative estimate of drug-likeness (QED) is 0.562. The molecule has 0 bridgehead atoms. The maximum absolute atomic E-state index is 12.6. The van der Waals surface area contributed by atoms with E-state index in [0.29, 0.717) is 18.6 Å². The number of nitrogens with two attached hydrogens (primary N) is 2. The molecule has 10 heteroatoms. The highest BCUT2D eigenvalue weighted by Crippen LogP contribution is 2.42. The molecule has 0 aliphatic carbocycles. The van der Waals surface area contributed by atoms with Crippen LogP contribution in [-0.4, -0.2) is 45.0 Å². The van der Waals surface area contributed by atoms with Crippen LogP contribution in [0, 0.1) is 0 Å². The van der Waals surface area contributed by atoms with E-state index < -0.39 is 28.6 Å². The molecule has 1 unspecified atom stereocenters. The van der Waals surface area contributed by atoms with Gasteiger partial charge in [-0.15, -0.1) is 0 Å². The lowest BCUT2D eigenvalue weighted by molar-refractivity contribution is -0.0412. The number of nitrogen functional groups attached to an aromatic ring is 1. The zero-order valence-electron chi connectivity index (χ0n) is 21.6. The summed E-state index contributed by atoms with van der Waals surface area (Å²) in [7, 11) is -4.03. The van der Waals surface area contributed by atoms with Gasteiger partial charge in [-0.25, -0.2) is 4.79 Å². The summed E-state index contributed by atoms with van der Waals surface area (Å²) in [6.45, 7) is 22.9. The topological polar surface area (TPSA) is 115 Å². The lowest BCUT2D eigenvalue weighted by Crippen LogP contribution is -2.48. The fourth-order valence-corrected chi connectivity index (χ4v) is 5.47. The monoisotopic (exact) mass is 484 g/mol. The van der Waals surface area contributed by atoms with Gasteiger partial charge in [0.1, 0.15) is 18.1 Å². The van der Waals surface area contributed by atoms with E-state index in [-0.39, 0.29) is 34.6 Å². The number of hydrogen-bond acceptors (Lipinski definition) is 7. The van der Waals surface area contributed by atoms with Crippen LogP contribution in [0.4, 0.5) is 5.82 Å². The van der Waals surface area contributed by atoms with Crippen LogP contribution in [0.2, 0.25) is 36.3 Å². The molecule has 32 heavy (non-hydrogen) atoms. The Bertz CT molecular complexity index is 859. The Morgan fingerprint density at radius 3 is 2.19 bits per heavy atom. The van der Waals surface area contributed by atoms with Crippen molar-refractivity contribution in [1.29, 1.82) is 0 Å². The van der Waals surface area contributed by atoms with Crippen LogP contribution in [-0.2, 0) is 20.1 Å². The molecule has 4 N–H and O–H groups in total. The van der Waals surface area contributed by atoms with E-state index in [9.17, 15) is 4.79 Å². The Morgan fingerprint density at radius 2 is 1.69 bits per heavy atom. The van der Waals surface area contributed by atoms with E-state index in [2.05, 4.69) is 72.7 Å². The van der Waals surface area contributed by atoms with Crippen LogP contribution in [0.3, 0.4) is 0 Å². The fourth-order valence-electron chi connectivity index (χ4n) is 3.09. The average molecular weight is 485 g/mol. The molecule has 184 valence electrons. The summed E-state index contributed by atoms with van der Waals surface area (Å²) in [4.78, 5) is 16.5. The summed E-state index contributed by atoms with van der Waals surface area (Å²) >= 11 is 0. The highest BCUT2D eigenvalue weighted by Gasteiger charge is 2.46. The number of ether oxygens (including phenoxy) is 1. The summed E-state index contributed by atoms with van der Waals surface area (Å²) in [6, 6.07) is 0. The van der Waals surface area contributed by atoms with Gasteiger partial charge in [-0.05, 0) is 36.3 Å². The average Bonchev–Trinajstić information content (AvgIpc) is 3.00. The van der Waals surface area contributed by atoms with Gasteiger partial charge in [-0.3, -0.25) is 4.57 Å². The molecule has 2 heterocycles. The van der Waals surface area contributed by atoms with Crippen LogP contribution in [0.5, 0.6) is 0 Å². The van der Waals surface area contributed by atoms with Crippen LogP contribution < -0.4 is 17.2 Å². The number of rotatable bonds is 7. The summed E-state index contributed by atoms with van der Waals surface area (Å²) in [5.74, 6) is 0.165. The van der Waals surface area contributed by atoms with Crippen LogP contribution in [0.1, 0.15) is 59.8 Å². The third-order valence-corrected chi connectivity index (χ3v) is 16.4. The number of anilines is 1. The van der Waals surface area contributed by atoms with Gasteiger partial charge in [-0.2, -0.15) is 4.98 Å². The van der Waals surface area contributed by atoms with Gasteiger partial charge in [0.15, 0.2) is 16.6 Å². The Hall–Kier alpha value is -1.05. The van der Waals surface area contributed by atoms with E-state index >= 15 is 0 Å². The van der Waals surface area contributed by atoms with Gasteiger partial charge < -0.3 is 25.1 Å². The smallest absolute Gasteiger partial charge is 0.351 e. The van der Waals surface area contributed by atoms with Crippen molar-refractivity contribution in [1.82, 2.24) is 9.55 Å².